The van der Waals surface area contributed by atoms with Crippen LogP contribution in [0.25, 0.3) is 71.7 Å². The number of para-hydroxylation sites is 3. The summed E-state index contributed by atoms with van der Waals surface area (Å²) in [7, 11) is 0. The number of hydrogen-bond donors (Lipinski definition) is 4. The van der Waals surface area contributed by atoms with Crippen molar-refractivity contribution in [3.05, 3.63) is 254 Å². The average Bonchev–Trinajstić information content (AvgIpc) is 2.63. The molecule has 6 aromatic carbocycles. The number of aromatic nitrogens is 11. The molecule has 0 aliphatic carbocycles. The van der Waals surface area contributed by atoms with Crippen LogP contribution in [-0.2, 0) is 4.74 Å². The molecule has 7 aromatic heterocycles. The third-order valence-corrected chi connectivity index (χ3v) is 16.0. The summed E-state index contributed by atoms with van der Waals surface area (Å²) in [6, 6.07) is 52.4. The number of H-pyrrole nitrogens is 1. The fraction of sp³-hybridized carbons (Fsp3) is 0.203. The van der Waals surface area contributed by atoms with Crippen LogP contribution in [0.4, 0.5) is 11.6 Å². The molecule has 5 N–H and O–H groups in total. The fourth-order valence-electron chi connectivity index (χ4n) is 11.7. The molecule has 87 heavy (non-hydrogen) atoms. The van der Waals surface area contributed by atoms with Crippen molar-refractivity contribution >= 4 is 66.3 Å². The normalized spacial score (nSPS) is 14.3. The van der Waals surface area contributed by atoms with Gasteiger partial charge >= 0.3 is 0 Å². The Labute approximate surface area is 501 Å². The first-order valence-electron chi connectivity index (χ1n) is 29.2. The number of aromatic amines is 1. The third kappa shape index (κ3) is 11.3. The fourth-order valence-corrected chi connectivity index (χ4v) is 11.7. The Bertz CT molecular complexity index is 4820. The highest BCUT2D eigenvalue weighted by molar-refractivity contribution is 5.88. The molecular formula is C69H66N14O4. The first-order valence-corrected chi connectivity index (χ1v) is 29.2. The van der Waals surface area contributed by atoms with Gasteiger partial charge in [0.2, 0.25) is 0 Å². The standard InChI is InChI=1S/C28H28N6O2.C23H20N6O.C18H18N2O/c1-18-9-8-10-20-15-22(34(28(35)24(18)20)21-11-4-3-5-12-21)19(2)32-26-25-27(30-16-29-26)33(17-31-25)23-13-6-7-14-36-23;1-14-7-6-8-16-11-18(29(23(30)19(14)16)17-9-4-3-5-10-17)15(2)28-22-20-21(25-12-24-20)26-13-27-22;1-12-7-6-8-14-11-16(13(2)19)20(18(21)17(12)14)15-9-4-3-5-10-15/h3-5,8-12,15-17,19,23H,6-7,13-14H2,1-2H3,(H,29,30,32);3-13,15H,1-2H3,(H2,24,25,26,27,28);3-11,13H,19H2,1-2H3/t19-,23?;15-;13-/m000/s1. The van der Waals surface area contributed by atoms with Crippen molar-refractivity contribution in [3.8, 4) is 17.1 Å². The van der Waals surface area contributed by atoms with E-state index >= 15 is 0 Å². The van der Waals surface area contributed by atoms with Crippen LogP contribution in [0.3, 0.4) is 0 Å². The van der Waals surface area contributed by atoms with E-state index in [0.29, 0.717) is 22.8 Å². The summed E-state index contributed by atoms with van der Waals surface area (Å²) < 4.78 is 13.2. The number of nitrogens with zero attached hydrogens (tertiary/aromatic N) is 10. The van der Waals surface area contributed by atoms with Gasteiger partial charge in [0.1, 0.15) is 24.4 Å². The molecule has 1 aliphatic rings. The zero-order valence-electron chi connectivity index (χ0n) is 49.2. The second-order valence-corrected chi connectivity index (χ2v) is 22.0. The van der Waals surface area contributed by atoms with Crippen molar-refractivity contribution in [1.82, 2.24) is 53.2 Å². The van der Waals surface area contributed by atoms with Gasteiger partial charge in [0.25, 0.3) is 16.7 Å². The highest BCUT2D eigenvalue weighted by Crippen LogP contribution is 2.32. The lowest BCUT2D eigenvalue weighted by atomic mass is 10.0. The van der Waals surface area contributed by atoms with E-state index in [1.807, 2.05) is 198 Å². The van der Waals surface area contributed by atoms with Crippen molar-refractivity contribution in [2.75, 3.05) is 17.2 Å². The first kappa shape index (κ1) is 57.0. The molecule has 1 fully saturated rings. The summed E-state index contributed by atoms with van der Waals surface area (Å²) >= 11 is 0. The number of anilines is 2. The van der Waals surface area contributed by atoms with E-state index in [-0.39, 0.29) is 41.0 Å². The van der Waals surface area contributed by atoms with Crippen LogP contribution in [0.5, 0.6) is 0 Å². The van der Waals surface area contributed by atoms with Gasteiger partial charge in [-0.3, -0.25) is 32.7 Å². The number of fused-ring (bicyclic) bond motifs is 5. The maximum atomic E-state index is 13.8. The molecule has 8 heterocycles. The van der Waals surface area contributed by atoms with E-state index in [0.717, 1.165) is 120 Å². The lowest BCUT2D eigenvalue weighted by Crippen LogP contribution is -2.26. The minimum Gasteiger partial charge on any atom is -0.360 e. The number of hydrogen-bond acceptors (Lipinski definition) is 13. The molecule has 0 radical (unpaired) electrons. The minimum atomic E-state index is -0.239. The molecule has 436 valence electrons. The van der Waals surface area contributed by atoms with Crippen molar-refractivity contribution < 1.29 is 4.74 Å². The molecule has 18 heteroatoms. The summed E-state index contributed by atoms with van der Waals surface area (Å²) in [5.41, 5.74) is 16.7. The number of imidazole rings is 2. The molecule has 4 atom stereocenters. The van der Waals surface area contributed by atoms with E-state index in [1.54, 1.807) is 32.7 Å². The van der Waals surface area contributed by atoms with Crippen LogP contribution in [0.2, 0.25) is 0 Å². The van der Waals surface area contributed by atoms with E-state index in [2.05, 4.69) is 57.7 Å². The van der Waals surface area contributed by atoms with E-state index < -0.39 is 0 Å². The van der Waals surface area contributed by atoms with Crippen LogP contribution in [0.1, 0.15) is 98.2 Å². The Kier molecular flexibility index (Phi) is 16.2. The molecule has 13 aromatic rings. The number of rotatable bonds is 11. The molecule has 1 saturated heterocycles. The van der Waals surface area contributed by atoms with Crippen molar-refractivity contribution in [3.63, 3.8) is 0 Å². The summed E-state index contributed by atoms with van der Waals surface area (Å²) in [6.45, 7) is 12.6. The number of nitrogens with two attached hydrogens (primary N) is 1. The highest BCUT2D eigenvalue weighted by atomic mass is 16.5. The minimum absolute atomic E-state index is 0.0101. The summed E-state index contributed by atoms with van der Waals surface area (Å²) in [5, 5.41) is 11.9. The first-order chi connectivity index (χ1) is 42.3. The van der Waals surface area contributed by atoms with Crippen LogP contribution in [0.15, 0.2) is 203 Å². The predicted molar refractivity (Wildman–Crippen MR) is 345 cm³/mol. The molecule has 1 unspecified atom stereocenters. The highest BCUT2D eigenvalue weighted by Gasteiger charge is 2.24. The van der Waals surface area contributed by atoms with Gasteiger partial charge in [-0.25, -0.2) is 29.9 Å². The van der Waals surface area contributed by atoms with Gasteiger partial charge in [-0.15, -0.1) is 0 Å². The lowest BCUT2D eigenvalue weighted by Gasteiger charge is -2.24. The average molecular weight is 1160 g/mol. The molecule has 0 spiro atoms. The molecule has 1 aliphatic heterocycles. The van der Waals surface area contributed by atoms with Gasteiger partial charge in [0.05, 0.1) is 40.9 Å². The summed E-state index contributed by atoms with van der Waals surface area (Å²) in [6.07, 6.45) is 9.48. The molecule has 18 nitrogen and oxygen atoms in total. The van der Waals surface area contributed by atoms with Crippen LogP contribution in [0, 0.1) is 20.8 Å². The second-order valence-electron chi connectivity index (χ2n) is 22.0. The number of benzene rings is 6. The Hall–Kier alpha value is -10.4. The second kappa shape index (κ2) is 24.6. The van der Waals surface area contributed by atoms with Gasteiger partial charge < -0.3 is 26.1 Å². The SMILES string of the molecule is Cc1cccc2cc([C@H](C)N)n(-c3ccccc3)c(=O)c12.Cc1cccc2cc([C@H](C)Nc3ncnc4c3ncn4C3CCCCO3)n(-c3ccccc3)c(=O)c12.Cc1cccc2cc([C@H](C)Nc3ncnc4nc[nH]c34)n(-c3ccccc3)c(=O)c12. The molecule has 14 rings (SSSR count). The Morgan fingerprint density at radius 1 is 0.529 bits per heavy atom. The lowest BCUT2D eigenvalue weighted by molar-refractivity contribution is -0.0298. The molecule has 0 amide bonds. The van der Waals surface area contributed by atoms with Crippen molar-refractivity contribution in [2.24, 2.45) is 5.73 Å². The zero-order chi connectivity index (χ0) is 60.3. The topological polar surface area (TPSA) is 223 Å². The number of aryl methyl sites for hydroxylation is 3. The quantitative estimate of drug-likeness (QED) is 0.0947. The van der Waals surface area contributed by atoms with E-state index in [4.69, 9.17) is 10.5 Å². The van der Waals surface area contributed by atoms with Gasteiger partial charge in [-0.1, -0.05) is 109 Å². The maximum Gasteiger partial charge on any atom is 0.263 e. The van der Waals surface area contributed by atoms with Gasteiger partial charge in [-0.2, -0.15) is 0 Å². The molecule has 0 saturated carbocycles. The Morgan fingerprint density at radius 3 is 1.47 bits per heavy atom. The number of pyridine rings is 3. The summed E-state index contributed by atoms with van der Waals surface area (Å²) in [5.74, 6) is 1.26. The van der Waals surface area contributed by atoms with Crippen molar-refractivity contribution in [2.45, 2.75) is 85.2 Å². The smallest absolute Gasteiger partial charge is 0.263 e. The van der Waals surface area contributed by atoms with Gasteiger partial charge in [0, 0.05) is 46.8 Å². The summed E-state index contributed by atoms with van der Waals surface area (Å²) in [4.78, 5) is 69.8. The third-order valence-electron chi connectivity index (χ3n) is 16.0. The molecule has 0 bridgehead atoms. The van der Waals surface area contributed by atoms with Crippen LogP contribution >= 0.6 is 0 Å². The largest absolute Gasteiger partial charge is 0.360 e. The van der Waals surface area contributed by atoms with Gasteiger partial charge in [0.15, 0.2) is 28.4 Å². The van der Waals surface area contributed by atoms with Crippen LogP contribution in [-0.4, -0.2) is 59.8 Å². The Balaban J connectivity index is 0.000000132. The number of nitrogens with one attached hydrogen (secondary N) is 3. The van der Waals surface area contributed by atoms with E-state index in [1.165, 1.54) is 6.33 Å². The maximum absolute atomic E-state index is 13.8. The Morgan fingerprint density at radius 2 is 0.989 bits per heavy atom. The zero-order valence-corrected chi connectivity index (χ0v) is 49.2. The monoisotopic (exact) mass is 1150 g/mol. The number of ether oxygens (including phenoxy) is 1. The van der Waals surface area contributed by atoms with Crippen molar-refractivity contribution in [1.29, 1.82) is 0 Å². The van der Waals surface area contributed by atoms with Gasteiger partial charge in [-0.05, 0) is 148 Å². The van der Waals surface area contributed by atoms with E-state index in [9.17, 15) is 14.4 Å². The van der Waals surface area contributed by atoms with Crippen LogP contribution < -0.4 is 33.0 Å². The predicted octanol–water partition coefficient (Wildman–Crippen LogP) is 12.8. The molecular weight excluding hydrogens is 1090 g/mol.